The van der Waals surface area contributed by atoms with E-state index in [9.17, 15) is 18.0 Å². The van der Waals surface area contributed by atoms with E-state index in [2.05, 4.69) is 10.3 Å². The molecule has 1 N–H and O–H groups in total. The third-order valence-electron chi connectivity index (χ3n) is 3.02. The maximum Gasteiger partial charge on any atom is 0.254 e. The number of benzene rings is 2. The fraction of sp³-hybridized carbons (Fsp3) is 0.0667. The molecular formula is C15H9F3N2O2. The number of amides is 1. The number of nitrogens with one attached hydrogen (secondary N) is 1. The monoisotopic (exact) mass is 306 g/mol. The van der Waals surface area contributed by atoms with Crippen LogP contribution in [0, 0.1) is 17.5 Å². The van der Waals surface area contributed by atoms with Crippen molar-refractivity contribution < 1.29 is 22.4 Å². The van der Waals surface area contributed by atoms with Crippen LogP contribution >= 0.6 is 0 Å². The van der Waals surface area contributed by atoms with Crippen molar-refractivity contribution in [3.05, 3.63) is 65.3 Å². The van der Waals surface area contributed by atoms with Crippen LogP contribution in [0.2, 0.25) is 0 Å². The SMILES string of the molecule is O=C(NCc1nc2ccccc2o1)c1ccc(F)c(F)c1F. The molecule has 0 atom stereocenters. The second-order valence-corrected chi connectivity index (χ2v) is 4.48. The van der Waals surface area contributed by atoms with Crippen LogP contribution in [0.3, 0.4) is 0 Å². The lowest BCUT2D eigenvalue weighted by atomic mass is 10.2. The van der Waals surface area contributed by atoms with Crippen molar-refractivity contribution in [3.63, 3.8) is 0 Å². The molecule has 0 bridgehead atoms. The summed E-state index contributed by atoms with van der Waals surface area (Å²) < 4.78 is 44.8. The molecule has 4 nitrogen and oxygen atoms in total. The fourth-order valence-electron chi connectivity index (χ4n) is 1.95. The van der Waals surface area contributed by atoms with Gasteiger partial charge < -0.3 is 9.73 Å². The molecule has 0 fully saturated rings. The number of rotatable bonds is 3. The highest BCUT2D eigenvalue weighted by Gasteiger charge is 2.19. The molecular weight excluding hydrogens is 297 g/mol. The Morgan fingerprint density at radius 1 is 1.09 bits per heavy atom. The molecule has 0 aliphatic rings. The standard InChI is InChI=1S/C15H9F3N2O2/c16-9-6-5-8(13(17)14(9)18)15(21)19-7-12-20-10-3-1-2-4-11(10)22-12/h1-6H,7H2,(H,19,21). The Bertz CT molecular complexity index is 828. The lowest BCUT2D eigenvalue weighted by Gasteiger charge is -2.05. The van der Waals surface area contributed by atoms with E-state index in [4.69, 9.17) is 4.42 Å². The van der Waals surface area contributed by atoms with Crippen molar-refractivity contribution in [2.75, 3.05) is 0 Å². The summed E-state index contributed by atoms with van der Waals surface area (Å²) >= 11 is 0. The molecule has 3 rings (SSSR count). The summed E-state index contributed by atoms with van der Waals surface area (Å²) in [5, 5.41) is 2.34. The smallest absolute Gasteiger partial charge is 0.254 e. The Labute approximate surface area is 122 Å². The number of fused-ring (bicyclic) bond motifs is 1. The highest BCUT2D eigenvalue weighted by molar-refractivity contribution is 5.94. The van der Waals surface area contributed by atoms with Gasteiger partial charge in [-0.25, -0.2) is 18.2 Å². The van der Waals surface area contributed by atoms with Gasteiger partial charge in [0, 0.05) is 0 Å². The molecule has 1 aromatic heterocycles. The number of hydrogen-bond donors (Lipinski definition) is 1. The maximum absolute atomic E-state index is 13.5. The average Bonchev–Trinajstić information content (AvgIpc) is 2.93. The number of carbonyl (C=O) groups is 1. The van der Waals surface area contributed by atoms with Gasteiger partial charge in [0.1, 0.15) is 5.52 Å². The number of carbonyl (C=O) groups excluding carboxylic acids is 1. The van der Waals surface area contributed by atoms with E-state index < -0.39 is 28.9 Å². The average molecular weight is 306 g/mol. The molecule has 3 aromatic rings. The van der Waals surface area contributed by atoms with Gasteiger partial charge in [0.15, 0.2) is 23.0 Å². The van der Waals surface area contributed by atoms with Gasteiger partial charge >= 0.3 is 0 Å². The highest BCUT2D eigenvalue weighted by atomic mass is 19.2. The quantitative estimate of drug-likeness (QED) is 0.756. The summed E-state index contributed by atoms with van der Waals surface area (Å²) in [5.74, 6) is -5.24. The van der Waals surface area contributed by atoms with E-state index in [0.717, 1.165) is 6.07 Å². The van der Waals surface area contributed by atoms with Crippen LogP contribution in [0.4, 0.5) is 13.2 Å². The first-order valence-electron chi connectivity index (χ1n) is 6.32. The van der Waals surface area contributed by atoms with Gasteiger partial charge in [-0.2, -0.15) is 0 Å². The molecule has 1 heterocycles. The lowest BCUT2D eigenvalue weighted by Crippen LogP contribution is -2.24. The second kappa shape index (κ2) is 5.51. The number of oxazole rings is 1. The molecule has 0 aliphatic carbocycles. The van der Waals surface area contributed by atoms with Gasteiger partial charge in [0.2, 0.25) is 5.89 Å². The molecule has 0 saturated heterocycles. The molecule has 2 aromatic carbocycles. The first kappa shape index (κ1) is 14.1. The zero-order chi connectivity index (χ0) is 15.7. The number of halogens is 3. The fourth-order valence-corrected chi connectivity index (χ4v) is 1.95. The minimum absolute atomic E-state index is 0.105. The number of hydrogen-bond acceptors (Lipinski definition) is 3. The van der Waals surface area contributed by atoms with Crippen LogP contribution in [0.5, 0.6) is 0 Å². The molecule has 22 heavy (non-hydrogen) atoms. The zero-order valence-electron chi connectivity index (χ0n) is 11.1. The third-order valence-corrected chi connectivity index (χ3v) is 3.02. The Morgan fingerprint density at radius 3 is 2.64 bits per heavy atom. The van der Waals surface area contributed by atoms with Crippen LogP contribution in [-0.2, 0) is 6.54 Å². The summed E-state index contributed by atoms with van der Waals surface area (Å²) in [7, 11) is 0. The normalized spacial score (nSPS) is 10.9. The molecule has 0 aliphatic heterocycles. The summed E-state index contributed by atoms with van der Waals surface area (Å²) in [4.78, 5) is 15.9. The van der Waals surface area contributed by atoms with E-state index in [1.807, 2.05) is 0 Å². The van der Waals surface area contributed by atoms with Crippen molar-refractivity contribution in [3.8, 4) is 0 Å². The van der Waals surface area contributed by atoms with Crippen LogP contribution in [0.15, 0.2) is 40.8 Å². The molecule has 0 spiro atoms. The van der Waals surface area contributed by atoms with Crippen molar-refractivity contribution in [1.82, 2.24) is 10.3 Å². The predicted octanol–water partition coefficient (Wildman–Crippen LogP) is 3.18. The topological polar surface area (TPSA) is 55.1 Å². The van der Waals surface area contributed by atoms with Gasteiger partial charge in [0.05, 0.1) is 12.1 Å². The number of nitrogens with zero attached hydrogens (tertiary/aromatic N) is 1. The molecule has 0 radical (unpaired) electrons. The van der Waals surface area contributed by atoms with E-state index in [1.54, 1.807) is 24.3 Å². The van der Waals surface area contributed by atoms with E-state index in [-0.39, 0.29) is 12.4 Å². The largest absolute Gasteiger partial charge is 0.439 e. The van der Waals surface area contributed by atoms with Gasteiger partial charge in [-0.15, -0.1) is 0 Å². The first-order chi connectivity index (χ1) is 10.6. The van der Waals surface area contributed by atoms with E-state index >= 15 is 0 Å². The van der Waals surface area contributed by atoms with E-state index in [0.29, 0.717) is 17.2 Å². The minimum Gasteiger partial charge on any atom is -0.439 e. The van der Waals surface area contributed by atoms with Crippen molar-refractivity contribution in [2.45, 2.75) is 6.54 Å². The Hall–Kier alpha value is -2.83. The lowest BCUT2D eigenvalue weighted by molar-refractivity contribution is 0.0942. The van der Waals surface area contributed by atoms with Crippen molar-refractivity contribution >= 4 is 17.0 Å². The molecule has 0 saturated carbocycles. The predicted molar refractivity (Wildman–Crippen MR) is 71.5 cm³/mol. The van der Waals surface area contributed by atoms with Crippen LogP contribution in [0.1, 0.15) is 16.2 Å². The summed E-state index contributed by atoms with van der Waals surface area (Å²) in [6, 6.07) is 8.56. The van der Waals surface area contributed by atoms with Crippen LogP contribution < -0.4 is 5.32 Å². The Balaban J connectivity index is 1.76. The third kappa shape index (κ3) is 2.52. The molecule has 7 heteroatoms. The second-order valence-electron chi connectivity index (χ2n) is 4.48. The van der Waals surface area contributed by atoms with Crippen molar-refractivity contribution in [2.24, 2.45) is 0 Å². The summed E-state index contributed by atoms with van der Waals surface area (Å²) in [6.45, 7) is -0.105. The van der Waals surface area contributed by atoms with Gasteiger partial charge in [-0.05, 0) is 24.3 Å². The van der Waals surface area contributed by atoms with Crippen LogP contribution in [-0.4, -0.2) is 10.9 Å². The summed E-state index contributed by atoms with van der Waals surface area (Å²) in [6.07, 6.45) is 0. The zero-order valence-corrected chi connectivity index (χ0v) is 11.1. The van der Waals surface area contributed by atoms with Gasteiger partial charge in [0.25, 0.3) is 5.91 Å². The van der Waals surface area contributed by atoms with Gasteiger partial charge in [-0.3, -0.25) is 4.79 Å². The van der Waals surface area contributed by atoms with Crippen LogP contribution in [0.25, 0.3) is 11.1 Å². The highest BCUT2D eigenvalue weighted by Crippen LogP contribution is 2.16. The molecule has 0 unspecified atom stereocenters. The number of para-hydroxylation sites is 2. The first-order valence-corrected chi connectivity index (χ1v) is 6.32. The van der Waals surface area contributed by atoms with Crippen molar-refractivity contribution in [1.29, 1.82) is 0 Å². The number of aromatic nitrogens is 1. The van der Waals surface area contributed by atoms with Gasteiger partial charge in [-0.1, -0.05) is 12.1 Å². The maximum atomic E-state index is 13.5. The Kier molecular flexibility index (Phi) is 3.54. The molecule has 112 valence electrons. The molecule has 1 amide bonds. The minimum atomic E-state index is -1.69. The Morgan fingerprint density at radius 2 is 1.86 bits per heavy atom. The van der Waals surface area contributed by atoms with E-state index in [1.165, 1.54) is 0 Å². The summed E-state index contributed by atoms with van der Waals surface area (Å²) in [5.41, 5.74) is 0.575.